The Hall–Kier alpha value is -2.73. The van der Waals surface area contributed by atoms with Crippen LogP contribution in [0.1, 0.15) is 15.9 Å². The molecule has 0 aliphatic carbocycles. The van der Waals surface area contributed by atoms with Gasteiger partial charge in [-0.05, 0) is 30.3 Å². The summed E-state index contributed by atoms with van der Waals surface area (Å²) < 4.78 is 9.59. The molecule has 0 radical (unpaired) electrons. The van der Waals surface area contributed by atoms with Gasteiger partial charge in [0.15, 0.2) is 5.78 Å². The van der Waals surface area contributed by atoms with Crippen LogP contribution in [0.4, 0.5) is 10.5 Å². The summed E-state index contributed by atoms with van der Waals surface area (Å²) in [6, 6.07) is 11.7. The van der Waals surface area contributed by atoms with Crippen LogP contribution < -0.4 is 15.2 Å². The molecule has 0 unspecified atom stereocenters. The fourth-order valence-electron chi connectivity index (χ4n) is 2.08. The van der Waals surface area contributed by atoms with Gasteiger partial charge in [-0.3, -0.25) is 4.79 Å². The minimum absolute atomic E-state index is 0.0630. The number of methoxy groups -OCH3 is 1. The number of anilines is 1. The van der Waals surface area contributed by atoms with Crippen molar-refractivity contribution in [1.29, 1.82) is 0 Å². The molecule has 24 heavy (non-hydrogen) atoms. The summed E-state index contributed by atoms with van der Waals surface area (Å²) in [7, 11) is 1.47. The number of ether oxygens (including phenoxy) is 2. The number of nitrogens with one attached hydrogen (secondary N) is 1. The van der Waals surface area contributed by atoms with E-state index in [1.165, 1.54) is 7.11 Å². The highest BCUT2D eigenvalue weighted by Crippen LogP contribution is 2.23. The lowest BCUT2D eigenvalue weighted by atomic mass is 10.1. The third-order valence-corrected chi connectivity index (χ3v) is 3.46. The molecule has 6 nitrogen and oxygen atoms in total. The maximum atomic E-state index is 12.1. The number of carbonyl (C=O) groups is 2. The van der Waals surface area contributed by atoms with Crippen LogP contribution in [0.2, 0.25) is 5.02 Å². The van der Waals surface area contributed by atoms with Crippen molar-refractivity contribution in [2.75, 3.05) is 19.0 Å². The normalized spacial score (nSPS) is 10.1. The standard InChI is InChI=1S/C17H16ClNO5/c1-23-16-6-5-14(8-12(16)10-24-17(21)22)19-9-15(20)11-3-2-4-13(18)7-11/h2-8,19H,9-10H2,1H3,(H,21,22)/p-1. The van der Waals surface area contributed by atoms with Crippen molar-refractivity contribution in [2.24, 2.45) is 0 Å². The first kappa shape index (κ1) is 17.6. The number of Topliss-reactive ketones (excluding diaryl/α,β-unsaturated/α-hetero) is 1. The second kappa shape index (κ2) is 8.21. The van der Waals surface area contributed by atoms with E-state index in [1.54, 1.807) is 42.5 Å². The summed E-state index contributed by atoms with van der Waals surface area (Å²) in [6.45, 7) is -0.142. The Morgan fingerprint density at radius 2 is 2.00 bits per heavy atom. The average molecular weight is 349 g/mol. The predicted octanol–water partition coefficient (Wildman–Crippen LogP) is 2.50. The highest BCUT2D eigenvalue weighted by atomic mass is 35.5. The fraction of sp³-hybridized carbons (Fsp3) is 0.176. The number of carbonyl (C=O) groups excluding carboxylic acids is 2. The van der Waals surface area contributed by atoms with E-state index in [4.69, 9.17) is 16.3 Å². The monoisotopic (exact) mass is 348 g/mol. The summed E-state index contributed by atoms with van der Waals surface area (Å²) in [6.07, 6.45) is -1.62. The summed E-state index contributed by atoms with van der Waals surface area (Å²) in [5.41, 5.74) is 1.65. The third-order valence-electron chi connectivity index (χ3n) is 3.23. The zero-order valence-corrected chi connectivity index (χ0v) is 13.6. The molecule has 0 spiro atoms. The SMILES string of the molecule is COc1ccc(NCC(=O)c2cccc(Cl)c2)cc1COC(=O)[O-]. The van der Waals surface area contributed by atoms with Gasteiger partial charge in [-0.1, -0.05) is 23.7 Å². The zero-order chi connectivity index (χ0) is 17.5. The molecule has 0 saturated heterocycles. The Labute approximate surface area is 144 Å². The van der Waals surface area contributed by atoms with Gasteiger partial charge in [0.2, 0.25) is 0 Å². The van der Waals surface area contributed by atoms with Crippen LogP contribution in [-0.4, -0.2) is 25.6 Å². The first-order chi connectivity index (χ1) is 11.5. The lowest BCUT2D eigenvalue weighted by Gasteiger charge is -2.14. The van der Waals surface area contributed by atoms with Crippen LogP contribution in [0.15, 0.2) is 42.5 Å². The molecule has 0 fully saturated rings. The van der Waals surface area contributed by atoms with Gasteiger partial charge in [-0.2, -0.15) is 0 Å². The molecule has 2 aromatic rings. The van der Waals surface area contributed by atoms with E-state index in [-0.39, 0.29) is 18.9 Å². The van der Waals surface area contributed by atoms with Crippen molar-refractivity contribution in [2.45, 2.75) is 6.61 Å². The van der Waals surface area contributed by atoms with Gasteiger partial charge < -0.3 is 24.7 Å². The molecule has 0 saturated carbocycles. The number of hydrogen-bond acceptors (Lipinski definition) is 6. The van der Waals surface area contributed by atoms with E-state index in [0.717, 1.165) is 0 Å². The predicted molar refractivity (Wildman–Crippen MR) is 87.5 cm³/mol. The lowest BCUT2D eigenvalue weighted by Crippen LogP contribution is -2.23. The van der Waals surface area contributed by atoms with Gasteiger partial charge >= 0.3 is 0 Å². The highest BCUT2D eigenvalue weighted by Gasteiger charge is 2.08. The molecule has 0 atom stereocenters. The van der Waals surface area contributed by atoms with Crippen molar-refractivity contribution < 1.29 is 24.2 Å². The van der Waals surface area contributed by atoms with Crippen LogP contribution in [0.25, 0.3) is 0 Å². The van der Waals surface area contributed by atoms with Gasteiger partial charge in [0.1, 0.15) is 5.75 Å². The minimum Gasteiger partial charge on any atom is -0.545 e. The van der Waals surface area contributed by atoms with E-state index in [0.29, 0.717) is 27.6 Å². The number of benzene rings is 2. The van der Waals surface area contributed by atoms with Crippen LogP contribution >= 0.6 is 11.6 Å². The Morgan fingerprint density at radius 1 is 1.21 bits per heavy atom. The van der Waals surface area contributed by atoms with Crippen LogP contribution in [0.3, 0.4) is 0 Å². The van der Waals surface area contributed by atoms with Gasteiger partial charge in [-0.15, -0.1) is 0 Å². The maximum Gasteiger partial charge on any atom is 0.252 e. The highest BCUT2D eigenvalue weighted by molar-refractivity contribution is 6.31. The molecule has 2 aromatic carbocycles. The smallest absolute Gasteiger partial charge is 0.252 e. The number of carboxylic acid groups (broad SMARTS) is 1. The van der Waals surface area contributed by atoms with E-state index >= 15 is 0 Å². The Morgan fingerprint density at radius 3 is 2.67 bits per heavy atom. The Bertz CT molecular complexity index is 748. The first-order valence-corrected chi connectivity index (χ1v) is 7.40. The molecule has 0 heterocycles. The van der Waals surface area contributed by atoms with E-state index in [2.05, 4.69) is 10.1 Å². The molecule has 0 aliphatic heterocycles. The van der Waals surface area contributed by atoms with Gasteiger partial charge in [0.05, 0.1) is 20.3 Å². The summed E-state index contributed by atoms with van der Waals surface area (Å²) >= 11 is 5.87. The van der Waals surface area contributed by atoms with Gasteiger partial charge in [0, 0.05) is 21.8 Å². The van der Waals surface area contributed by atoms with Crippen LogP contribution in [0, 0.1) is 0 Å². The number of hydrogen-bond donors (Lipinski definition) is 1. The molecular formula is C17H15ClNO5-. The number of rotatable bonds is 7. The summed E-state index contributed by atoms with van der Waals surface area (Å²) in [5.74, 6) is 0.351. The van der Waals surface area contributed by atoms with Crippen LogP contribution in [0.5, 0.6) is 5.75 Å². The topological polar surface area (TPSA) is 87.7 Å². The summed E-state index contributed by atoms with van der Waals surface area (Å²) in [5, 5.41) is 13.9. The first-order valence-electron chi connectivity index (χ1n) is 7.03. The van der Waals surface area contributed by atoms with Gasteiger partial charge in [-0.25, -0.2) is 0 Å². The molecule has 0 bridgehead atoms. The molecule has 0 amide bonds. The van der Waals surface area contributed by atoms with Crippen molar-refractivity contribution in [1.82, 2.24) is 0 Å². The number of halogens is 1. The van der Waals surface area contributed by atoms with Crippen molar-refractivity contribution in [3.05, 3.63) is 58.6 Å². The Kier molecular flexibility index (Phi) is 6.03. The van der Waals surface area contributed by atoms with Gasteiger partial charge in [0.25, 0.3) is 6.16 Å². The molecule has 0 aliphatic rings. The second-order valence-corrected chi connectivity index (χ2v) is 5.29. The zero-order valence-electron chi connectivity index (χ0n) is 12.9. The van der Waals surface area contributed by atoms with Crippen molar-refractivity contribution in [3.63, 3.8) is 0 Å². The molecular weight excluding hydrogens is 334 g/mol. The average Bonchev–Trinajstić information content (AvgIpc) is 2.57. The molecule has 1 N–H and O–H groups in total. The largest absolute Gasteiger partial charge is 0.545 e. The van der Waals surface area contributed by atoms with Crippen molar-refractivity contribution in [3.8, 4) is 5.75 Å². The summed E-state index contributed by atoms with van der Waals surface area (Å²) in [4.78, 5) is 22.5. The Balaban J connectivity index is 2.05. The van der Waals surface area contributed by atoms with E-state index in [9.17, 15) is 14.7 Å². The number of ketones is 1. The maximum absolute atomic E-state index is 12.1. The van der Waals surface area contributed by atoms with Crippen molar-refractivity contribution >= 4 is 29.2 Å². The lowest BCUT2D eigenvalue weighted by molar-refractivity contribution is -0.284. The molecule has 126 valence electrons. The molecule has 7 heteroatoms. The molecule has 0 aromatic heterocycles. The molecule has 2 rings (SSSR count). The minimum atomic E-state index is -1.62. The third kappa shape index (κ3) is 4.89. The fourth-order valence-corrected chi connectivity index (χ4v) is 2.27. The second-order valence-electron chi connectivity index (χ2n) is 4.85. The van der Waals surface area contributed by atoms with E-state index in [1.807, 2.05) is 0 Å². The van der Waals surface area contributed by atoms with Crippen LogP contribution in [-0.2, 0) is 11.3 Å². The quantitative estimate of drug-likeness (QED) is 0.611. The van der Waals surface area contributed by atoms with E-state index < -0.39 is 6.16 Å².